The second-order valence-electron chi connectivity index (χ2n) is 9.77. The number of aryl methyl sites for hydroxylation is 1. The number of fused-ring (bicyclic) bond motifs is 2. The second kappa shape index (κ2) is 9.63. The maximum atomic E-state index is 15.2. The minimum Gasteiger partial charge on any atom is -0.508 e. The van der Waals surface area contributed by atoms with Crippen LogP contribution in [-0.4, -0.2) is 55.7 Å². The van der Waals surface area contributed by atoms with Crippen LogP contribution in [0.5, 0.6) is 17.2 Å². The molecule has 5 rings (SSSR count). The Morgan fingerprint density at radius 3 is 2.16 bits per heavy atom. The fourth-order valence-corrected chi connectivity index (χ4v) is 5.56. The van der Waals surface area contributed by atoms with Gasteiger partial charge in [0.1, 0.15) is 11.3 Å². The predicted octanol–water partition coefficient (Wildman–Crippen LogP) is 4.83. The highest BCUT2D eigenvalue weighted by molar-refractivity contribution is 6.08. The predicted molar refractivity (Wildman–Crippen MR) is 137 cm³/mol. The summed E-state index contributed by atoms with van der Waals surface area (Å²) in [6, 6.07) is 13.2. The van der Waals surface area contributed by atoms with E-state index in [1.165, 1.54) is 25.2 Å². The van der Waals surface area contributed by atoms with E-state index in [0.29, 0.717) is 42.7 Å². The molecule has 3 aromatic rings. The SMILES string of the molecule is COc1cc(OC)c(F)c(C(=O)N2CC3(CCN(C(=O)c4ccc(O)c(C)c4)CC3)c3ccccc32)c1F. The average molecular weight is 523 g/mol. The van der Waals surface area contributed by atoms with E-state index >= 15 is 8.78 Å². The Morgan fingerprint density at radius 2 is 1.55 bits per heavy atom. The smallest absolute Gasteiger partial charge is 0.264 e. The molecule has 1 saturated heterocycles. The number of aromatic hydroxyl groups is 1. The molecule has 2 aliphatic rings. The van der Waals surface area contributed by atoms with Crippen molar-refractivity contribution in [1.82, 2.24) is 4.90 Å². The zero-order valence-electron chi connectivity index (χ0n) is 21.4. The molecule has 7 nitrogen and oxygen atoms in total. The topological polar surface area (TPSA) is 79.3 Å². The number of piperidine rings is 1. The van der Waals surface area contributed by atoms with Crippen molar-refractivity contribution in [3.63, 3.8) is 0 Å². The first-order valence-corrected chi connectivity index (χ1v) is 12.3. The van der Waals surface area contributed by atoms with E-state index in [9.17, 15) is 14.7 Å². The van der Waals surface area contributed by atoms with Crippen LogP contribution in [0.15, 0.2) is 48.5 Å². The lowest BCUT2D eigenvalue weighted by molar-refractivity contribution is 0.0670. The van der Waals surface area contributed by atoms with Crippen molar-refractivity contribution in [1.29, 1.82) is 0 Å². The molecule has 2 amide bonds. The molecule has 0 unspecified atom stereocenters. The van der Waals surface area contributed by atoms with Crippen molar-refractivity contribution in [2.45, 2.75) is 25.2 Å². The third-order valence-corrected chi connectivity index (χ3v) is 7.71. The number of methoxy groups -OCH3 is 2. The molecule has 1 N–H and O–H groups in total. The fourth-order valence-electron chi connectivity index (χ4n) is 5.56. The summed E-state index contributed by atoms with van der Waals surface area (Å²) in [5.41, 5.74) is 1.42. The van der Waals surface area contributed by atoms with E-state index in [4.69, 9.17) is 9.47 Å². The number of carbonyl (C=O) groups is 2. The monoisotopic (exact) mass is 522 g/mol. The number of nitrogens with zero attached hydrogens (tertiary/aromatic N) is 2. The van der Waals surface area contributed by atoms with Crippen LogP contribution in [-0.2, 0) is 5.41 Å². The highest BCUT2D eigenvalue weighted by atomic mass is 19.1. The van der Waals surface area contributed by atoms with Gasteiger partial charge in [0.25, 0.3) is 11.8 Å². The standard InChI is InChI=1S/C29H28F2N2O5/c1-17-14-18(8-9-21(17)34)27(35)32-12-10-29(11-13-32)16-33(20-7-5-4-6-19(20)29)28(36)24-25(30)22(37-2)15-23(38-3)26(24)31/h4-9,14-15,34H,10-13,16H2,1-3H3. The third-order valence-electron chi connectivity index (χ3n) is 7.71. The van der Waals surface area contributed by atoms with Gasteiger partial charge in [0.05, 0.1) is 14.2 Å². The van der Waals surface area contributed by atoms with Gasteiger partial charge in [-0.1, -0.05) is 18.2 Å². The molecule has 0 saturated carbocycles. The van der Waals surface area contributed by atoms with Crippen LogP contribution in [0.1, 0.15) is 44.7 Å². The lowest BCUT2D eigenvalue weighted by Gasteiger charge is -2.40. The summed E-state index contributed by atoms with van der Waals surface area (Å²) >= 11 is 0. The Hall–Kier alpha value is -4.14. The van der Waals surface area contributed by atoms with Crippen LogP contribution in [0, 0.1) is 18.6 Å². The Labute approximate surface area is 219 Å². The van der Waals surface area contributed by atoms with Crippen LogP contribution in [0.4, 0.5) is 14.5 Å². The molecular formula is C29H28F2N2O5. The molecule has 1 fully saturated rings. The number of rotatable bonds is 4. The Kier molecular flexibility index (Phi) is 6.46. The molecule has 0 aliphatic carbocycles. The van der Waals surface area contributed by atoms with E-state index in [1.807, 2.05) is 12.1 Å². The largest absolute Gasteiger partial charge is 0.508 e. The van der Waals surface area contributed by atoms with Crippen LogP contribution in [0.3, 0.4) is 0 Å². The van der Waals surface area contributed by atoms with Gasteiger partial charge in [-0.25, -0.2) is 8.78 Å². The van der Waals surface area contributed by atoms with Gasteiger partial charge in [-0.3, -0.25) is 9.59 Å². The number of hydrogen-bond acceptors (Lipinski definition) is 5. The van der Waals surface area contributed by atoms with Crippen molar-refractivity contribution < 1.29 is 33.0 Å². The fraction of sp³-hybridized carbons (Fsp3) is 0.310. The highest BCUT2D eigenvalue weighted by Gasteiger charge is 2.47. The molecule has 0 aromatic heterocycles. The third kappa shape index (κ3) is 4.02. The number of amides is 2. The minimum atomic E-state index is -1.08. The number of benzene rings is 3. The number of phenols is 1. The molecular weight excluding hydrogens is 494 g/mol. The van der Waals surface area contributed by atoms with Crippen molar-refractivity contribution in [2.24, 2.45) is 0 Å². The van der Waals surface area contributed by atoms with E-state index in [0.717, 1.165) is 11.6 Å². The molecule has 198 valence electrons. The maximum Gasteiger partial charge on any atom is 0.264 e. The summed E-state index contributed by atoms with van der Waals surface area (Å²) < 4.78 is 40.4. The summed E-state index contributed by atoms with van der Waals surface area (Å²) in [4.78, 5) is 30.0. The van der Waals surface area contributed by atoms with Gasteiger partial charge in [-0.2, -0.15) is 0 Å². The summed E-state index contributed by atoms with van der Waals surface area (Å²) in [6.07, 6.45) is 1.14. The number of ether oxygens (including phenoxy) is 2. The minimum absolute atomic E-state index is 0.130. The zero-order valence-corrected chi connectivity index (χ0v) is 21.4. The highest BCUT2D eigenvalue weighted by Crippen LogP contribution is 2.48. The van der Waals surface area contributed by atoms with Crippen molar-refractivity contribution in [2.75, 3.05) is 38.8 Å². The molecule has 2 aliphatic heterocycles. The van der Waals surface area contributed by atoms with Gasteiger partial charge in [0, 0.05) is 42.4 Å². The molecule has 0 bridgehead atoms. The number of phenolic OH excluding ortho intramolecular Hbond substituents is 1. The van der Waals surface area contributed by atoms with Crippen LogP contribution in [0.2, 0.25) is 0 Å². The van der Waals surface area contributed by atoms with Gasteiger partial charge in [0.15, 0.2) is 23.1 Å². The summed E-state index contributed by atoms with van der Waals surface area (Å²) in [5.74, 6) is -3.56. The number of carbonyl (C=O) groups excluding carboxylic acids is 2. The van der Waals surface area contributed by atoms with Crippen molar-refractivity contribution in [3.8, 4) is 17.2 Å². The lowest BCUT2D eigenvalue weighted by atomic mass is 9.74. The maximum absolute atomic E-state index is 15.2. The normalized spacial score (nSPS) is 15.9. The Bertz CT molecular complexity index is 1400. The molecule has 1 spiro atoms. The van der Waals surface area contributed by atoms with E-state index < -0.39 is 28.5 Å². The van der Waals surface area contributed by atoms with Crippen molar-refractivity contribution in [3.05, 3.63) is 82.4 Å². The molecule has 0 atom stereocenters. The van der Waals surface area contributed by atoms with Gasteiger partial charge >= 0.3 is 0 Å². The summed E-state index contributed by atoms with van der Waals surface area (Å²) in [7, 11) is 2.47. The van der Waals surface area contributed by atoms with Gasteiger partial charge in [0.2, 0.25) is 0 Å². The number of likely N-dealkylation sites (tertiary alicyclic amines) is 1. The average Bonchev–Trinajstić information content (AvgIpc) is 3.24. The van der Waals surface area contributed by atoms with Gasteiger partial charge in [-0.15, -0.1) is 0 Å². The second-order valence-corrected chi connectivity index (χ2v) is 9.77. The van der Waals surface area contributed by atoms with Gasteiger partial charge in [-0.05, 0) is 55.2 Å². The van der Waals surface area contributed by atoms with Crippen LogP contribution < -0.4 is 14.4 Å². The van der Waals surface area contributed by atoms with E-state index in [1.54, 1.807) is 36.1 Å². The number of halogens is 2. The molecule has 2 heterocycles. The van der Waals surface area contributed by atoms with E-state index in [2.05, 4.69) is 0 Å². The number of para-hydroxylation sites is 1. The Balaban J connectivity index is 1.44. The first-order valence-electron chi connectivity index (χ1n) is 12.3. The zero-order chi connectivity index (χ0) is 27.2. The first-order chi connectivity index (χ1) is 18.2. The molecule has 3 aromatic carbocycles. The molecule has 9 heteroatoms. The summed E-state index contributed by atoms with van der Waals surface area (Å²) in [6.45, 7) is 2.86. The molecule has 38 heavy (non-hydrogen) atoms. The number of hydrogen-bond donors (Lipinski definition) is 1. The molecule has 0 radical (unpaired) electrons. The quantitative estimate of drug-likeness (QED) is 0.531. The van der Waals surface area contributed by atoms with Crippen molar-refractivity contribution >= 4 is 17.5 Å². The lowest BCUT2D eigenvalue weighted by Crippen LogP contribution is -2.48. The summed E-state index contributed by atoms with van der Waals surface area (Å²) in [5, 5.41) is 9.80. The van der Waals surface area contributed by atoms with Crippen LogP contribution in [0.25, 0.3) is 0 Å². The Morgan fingerprint density at radius 1 is 0.921 bits per heavy atom. The van der Waals surface area contributed by atoms with Crippen LogP contribution >= 0.6 is 0 Å². The number of anilines is 1. The first kappa shape index (κ1) is 25.5. The van der Waals surface area contributed by atoms with E-state index in [-0.39, 0.29) is 29.7 Å². The van der Waals surface area contributed by atoms with Gasteiger partial charge < -0.3 is 24.4 Å².